The van der Waals surface area contributed by atoms with Gasteiger partial charge in [-0.3, -0.25) is 4.79 Å². The Morgan fingerprint density at radius 3 is 2.69 bits per heavy atom. The van der Waals surface area contributed by atoms with Crippen LogP contribution in [0.5, 0.6) is 11.5 Å². The van der Waals surface area contributed by atoms with Gasteiger partial charge in [0.25, 0.3) is 5.91 Å². The summed E-state index contributed by atoms with van der Waals surface area (Å²) in [6.45, 7) is 1.87. The van der Waals surface area contributed by atoms with Gasteiger partial charge in [-0.05, 0) is 36.8 Å². The quantitative estimate of drug-likeness (QED) is 0.793. The van der Waals surface area contributed by atoms with Crippen LogP contribution in [0.2, 0.25) is 0 Å². The van der Waals surface area contributed by atoms with Gasteiger partial charge in [-0.2, -0.15) is 0 Å². The van der Waals surface area contributed by atoms with Crippen molar-refractivity contribution in [2.24, 2.45) is 0 Å². The number of para-hydroxylation sites is 1. The molecule has 0 bridgehead atoms. The van der Waals surface area contributed by atoms with Crippen LogP contribution < -0.4 is 25.4 Å². The van der Waals surface area contributed by atoms with Crippen LogP contribution >= 0.6 is 0 Å². The summed E-state index contributed by atoms with van der Waals surface area (Å²) in [4.78, 5) is 24.9. The maximum absolute atomic E-state index is 12.9. The zero-order valence-corrected chi connectivity index (χ0v) is 14.0. The van der Waals surface area contributed by atoms with Crippen molar-refractivity contribution in [2.75, 3.05) is 12.1 Å². The largest absolute Gasteiger partial charge is 0.454 e. The number of allylic oxidation sites excluding steroid dienone is 1. The fourth-order valence-electron chi connectivity index (χ4n) is 3.06. The molecular weight excluding hydrogens is 334 g/mol. The molecule has 0 aromatic heterocycles. The summed E-state index contributed by atoms with van der Waals surface area (Å²) in [5.74, 6) is 0.949. The summed E-state index contributed by atoms with van der Waals surface area (Å²) < 4.78 is 10.7. The first-order valence-electron chi connectivity index (χ1n) is 8.16. The second-order valence-corrected chi connectivity index (χ2v) is 6.00. The van der Waals surface area contributed by atoms with Crippen LogP contribution in [0.4, 0.5) is 10.5 Å². The van der Waals surface area contributed by atoms with E-state index in [-0.39, 0.29) is 18.7 Å². The van der Waals surface area contributed by atoms with E-state index in [0.29, 0.717) is 28.5 Å². The van der Waals surface area contributed by atoms with Crippen LogP contribution in [-0.4, -0.2) is 18.7 Å². The van der Waals surface area contributed by atoms with Gasteiger partial charge in [-0.25, -0.2) is 4.79 Å². The Hall–Kier alpha value is -3.48. The van der Waals surface area contributed by atoms with Crippen molar-refractivity contribution in [3.05, 3.63) is 65.4 Å². The van der Waals surface area contributed by atoms with Crippen LogP contribution in [0.3, 0.4) is 0 Å². The van der Waals surface area contributed by atoms with E-state index in [1.165, 1.54) is 0 Å². The number of ether oxygens (including phenoxy) is 2. The molecule has 2 aromatic carbocycles. The molecular formula is C19H17N3O4. The lowest BCUT2D eigenvalue weighted by atomic mass is 9.94. The summed E-state index contributed by atoms with van der Waals surface area (Å²) in [5.41, 5.74) is 2.36. The molecule has 3 N–H and O–H groups in total. The van der Waals surface area contributed by atoms with E-state index in [9.17, 15) is 9.59 Å². The van der Waals surface area contributed by atoms with Crippen molar-refractivity contribution >= 4 is 17.6 Å². The Kier molecular flexibility index (Phi) is 3.96. The van der Waals surface area contributed by atoms with Crippen molar-refractivity contribution in [1.29, 1.82) is 0 Å². The number of anilines is 1. The fraction of sp³-hybridized carbons (Fsp3) is 0.158. The molecule has 7 nitrogen and oxygen atoms in total. The van der Waals surface area contributed by atoms with Crippen molar-refractivity contribution in [3.63, 3.8) is 0 Å². The topological polar surface area (TPSA) is 88.7 Å². The van der Waals surface area contributed by atoms with Crippen molar-refractivity contribution in [1.82, 2.24) is 10.6 Å². The molecule has 2 aromatic rings. The van der Waals surface area contributed by atoms with Gasteiger partial charge < -0.3 is 25.4 Å². The second kappa shape index (κ2) is 6.44. The monoisotopic (exact) mass is 351 g/mol. The predicted octanol–water partition coefficient (Wildman–Crippen LogP) is 2.68. The van der Waals surface area contributed by atoms with Gasteiger partial charge in [0.2, 0.25) is 6.79 Å². The highest BCUT2D eigenvalue weighted by molar-refractivity contribution is 6.06. The van der Waals surface area contributed by atoms with E-state index in [0.717, 1.165) is 5.56 Å². The molecule has 0 aliphatic carbocycles. The number of carbonyl (C=O) groups is 2. The third kappa shape index (κ3) is 2.95. The van der Waals surface area contributed by atoms with Gasteiger partial charge in [0.1, 0.15) is 0 Å². The van der Waals surface area contributed by atoms with Gasteiger partial charge in [0.05, 0.1) is 11.6 Å². The van der Waals surface area contributed by atoms with Gasteiger partial charge in [0, 0.05) is 11.4 Å². The molecule has 2 aliphatic heterocycles. The first-order chi connectivity index (χ1) is 12.6. The zero-order chi connectivity index (χ0) is 18.1. The van der Waals surface area contributed by atoms with E-state index in [1.54, 1.807) is 31.2 Å². The van der Waals surface area contributed by atoms with E-state index < -0.39 is 6.04 Å². The maximum atomic E-state index is 12.9. The molecule has 26 heavy (non-hydrogen) atoms. The van der Waals surface area contributed by atoms with Crippen molar-refractivity contribution < 1.29 is 19.1 Å². The number of carbonyl (C=O) groups excluding carboxylic acids is 2. The lowest BCUT2D eigenvalue weighted by molar-refractivity contribution is -0.113. The average molecular weight is 351 g/mol. The minimum atomic E-state index is -0.595. The molecule has 2 heterocycles. The van der Waals surface area contributed by atoms with Crippen LogP contribution in [0.25, 0.3) is 0 Å². The number of nitrogens with one attached hydrogen (secondary N) is 3. The summed E-state index contributed by atoms with van der Waals surface area (Å²) >= 11 is 0. The van der Waals surface area contributed by atoms with Crippen molar-refractivity contribution in [3.8, 4) is 11.5 Å². The highest BCUT2D eigenvalue weighted by Gasteiger charge is 2.32. The van der Waals surface area contributed by atoms with E-state index in [4.69, 9.17) is 9.47 Å². The summed E-state index contributed by atoms with van der Waals surface area (Å²) in [7, 11) is 0. The first-order valence-corrected chi connectivity index (χ1v) is 8.16. The highest BCUT2D eigenvalue weighted by atomic mass is 16.7. The molecule has 0 saturated carbocycles. The van der Waals surface area contributed by atoms with Crippen LogP contribution in [0.15, 0.2) is 59.8 Å². The number of benzene rings is 2. The molecule has 0 spiro atoms. The Morgan fingerprint density at radius 1 is 1.12 bits per heavy atom. The van der Waals surface area contributed by atoms with Gasteiger partial charge in [0.15, 0.2) is 11.5 Å². The standard InChI is InChI=1S/C19H17N3O4/c1-11-16(18(23)21-13-5-3-2-4-6-13)17(22-19(24)20-11)12-7-8-14-15(9-12)26-10-25-14/h2-9,17H,10H2,1H3,(H,21,23)(H2,20,22,24). The Labute approximate surface area is 150 Å². The number of fused-ring (bicyclic) bond motifs is 1. The zero-order valence-electron chi connectivity index (χ0n) is 14.0. The molecule has 1 atom stereocenters. The smallest absolute Gasteiger partial charge is 0.319 e. The SMILES string of the molecule is CC1=C(C(=O)Nc2ccccc2)C(c2ccc3c(c2)OCO3)NC(=O)N1. The first kappa shape index (κ1) is 16.0. The Morgan fingerprint density at radius 2 is 1.88 bits per heavy atom. The fourth-order valence-corrected chi connectivity index (χ4v) is 3.06. The third-order valence-electron chi connectivity index (χ3n) is 4.28. The van der Waals surface area contributed by atoms with Crippen molar-refractivity contribution in [2.45, 2.75) is 13.0 Å². The maximum Gasteiger partial charge on any atom is 0.319 e. The Balaban J connectivity index is 1.68. The molecule has 132 valence electrons. The number of rotatable bonds is 3. The number of hydrogen-bond donors (Lipinski definition) is 3. The summed E-state index contributed by atoms with van der Waals surface area (Å²) in [6, 6.07) is 13.6. The number of amides is 3. The van der Waals surface area contributed by atoms with E-state index in [1.807, 2.05) is 24.3 Å². The molecule has 4 rings (SSSR count). The lowest BCUT2D eigenvalue weighted by Gasteiger charge is -2.28. The Bertz CT molecular complexity index is 908. The van der Waals surface area contributed by atoms with Crippen LogP contribution in [0.1, 0.15) is 18.5 Å². The predicted molar refractivity (Wildman–Crippen MR) is 94.7 cm³/mol. The summed E-state index contributed by atoms with van der Waals surface area (Å²) in [5, 5.41) is 8.33. The van der Waals surface area contributed by atoms with Gasteiger partial charge in [-0.15, -0.1) is 0 Å². The average Bonchev–Trinajstić information content (AvgIpc) is 3.09. The molecule has 2 aliphatic rings. The lowest BCUT2D eigenvalue weighted by Crippen LogP contribution is -2.45. The minimum absolute atomic E-state index is 0.160. The van der Waals surface area contributed by atoms with Gasteiger partial charge in [-0.1, -0.05) is 24.3 Å². The molecule has 7 heteroatoms. The van der Waals surface area contributed by atoms with Crippen LogP contribution in [0, 0.1) is 0 Å². The molecule has 0 radical (unpaired) electrons. The normalized spacial score (nSPS) is 18.2. The molecule has 0 saturated heterocycles. The molecule has 0 fully saturated rings. The van der Waals surface area contributed by atoms with Crippen LogP contribution in [-0.2, 0) is 4.79 Å². The van der Waals surface area contributed by atoms with Gasteiger partial charge >= 0.3 is 6.03 Å². The van der Waals surface area contributed by atoms with E-state index in [2.05, 4.69) is 16.0 Å². The third-order valence-corrected chi connectivity index (χ3v) is 4.28. The highest BCUT2D eigenvalue weighted by Crippen LogP contribution is 2.37. The molecule has 1 unspecified atom stereocenters. The number of hydrogen-bond acceptors (Lipinski definition) is 4. The minimum Gasteiger partial charge on any atom is -0.454 e. The summed E-state index contributed by atoms with van der Waals surface area (Å²) in [6.07, 6.45) is 0. The molecule has 3 amide bonds. The second-order valence-electron chi connectivity index (χ2n) is 6.00. The number of urea groups is 1. The van der Waals surface area contributed by atoms with E-state index >= 15 is 0 Å².